The van der Waals surface area contributed by atoms with Crippen molar-refractivity contribution in [1.29, 1.82) is 0 Å². The summed E-state index contributed by atoms with van der Waals surface area (Å²) < 4.78 is 0. The zero-order chi connectivity index (χ0) is 14.8. The molecule has 0 radical (unpaired) electrons. The van der Waals surface area contributed by atoms with Crippen LogP contribution in [0.1, 0.15) is 50.7 Å². The van der Waals surface area contributed by atoms with Crippen LogP contribution in [0.15, 0.2) is 24.3 Å². The molecule has 1 heterocycles. The van der Waals surface area contributed by atoms with E-state index in [0.29, 0.717) is 6.04 Å². The second-order valence-corrected chi connectivity index (χ2v) is 7.35. The van der Waals surface area contributed by atoms with E-state index in [1.165, 1.54) is 38.9 Å². The first-order valence-electron chi connectivity index (χ1n) is 8.72. The number of rotatable bonds is 5. The number of hydrogen-bond donors (Lipinski definition) is 1. The van der Waals surface area contributed by atoms with Gasteiger partial charge in [-0.1, -0.05) is 45.0 Å². The third-order valence-electron chi connectivity index (χ3n) is 5.27. The van der Waals surface area contributed by atoms with Gasteiger partial charge in [0.2, 0.25) is 0 Å². The maximum atomic E-state index is 3.74. The molecule has 0 aromatic heterocycles. The highest BCUT2D eigenvalue weighted by Gasteiger charge is 2.33. The fourth-order valence-corrected chi connectivity index (χ4v) is 4.01. The van der Waals surface area contributed by atoms with Crippen LogP contribution in [-0.2, 0) is 6.42 Å². The van der Waals surface area contributed by atoms with Crippen LogP contribution in [-0.4, -0.2) is 36.6 Å². The third kappa shape index (κ3) is 3.32. The van der Waals surface area contributed by atoms with Crippen LogP contribution < -0.4 is 5.32 Å². The quantitative estimate of drug-likeness (QED) is 0.892. The smallest absolute Gasteiger partial charge is 0.0224 e. The first-order valence-corrected chi connectivity index (χ1v) is 8.72. The van der Waals surface area contributed by atoms with Gasteiger partial charge in [0, 0.05) is 37.6 Å². The van der Waals surface area contributed by atoms with E-state index in [1.807, 2.05) is 0 Å². The van der Waals surface area contributed by atoms with Crippen LogP contribution >= 0.6 is 0 Å². The Morgan fingerprint density at radius 3 is 2.81 bits per heavy atom. The van der Waals surface area contributed by atoms with Crippen molar-refractivity contribution in [3.8, 4) is 0 Å². The molecule has 0 saturated carbocycles. The van der Waals surface area contributed by atoms with Crippen molar-refractivity contribution in [1.82, 2.24) is 10.2 Å². The van der Waals surface area contributed by atoms with Gasteiger partial charge in [-0.3, -0.25) is 4.90 Å². The van der Waals surface area contributed by atoms with Crippen molar-refractivity contribution in [3.05, 3.63) is 35.4 Å². The summed E-state index contributed by atoms with van der Waals surface area (Å²) in [6.07, 6.45) is 3.84. The van der Waals surface area contributed by atoms with Gasteiger partial charge in [0.1, 0.15) is 0 Å². The van der Waals surface area contributed by atoms with Crippen LogP contribution in [0.4, 0.5) is 0 Å². The largest absolute Gasteiger partial charge is 0.311 e. The zero-order valence-electron chi connectivity index (χ0n) is 13.8. The molecule has 2 heteroatoms. The molecule has 116 valence electrons. The second-order valence-electron chi connectivity index (χ2n) is 7.35. The monoisotopic (exact) mass is 286 g/mol. The van der Waals surface area contributed by atoms with E-state index in [9.17, 15) is 0 Å². The Morgan fingerprint density at radius 2 is 2.10 bits per heavy atom. The fraction of sp³-hybridized carbons (Fsp3) is 0.684. The first-order chi connectivity index (χ1) is 10.2. The maximum absolute atomic E-state index is 3.74. The highest BCUT2D eigenvalue weighted by molar-refractivity contribution is 5.40. The predicted molar refractivity (Wildman–Crippen MR) is 89.8 cm³/mol. The van der Waals surface area contributed by atoms with Crippen molar-refractivity contribution < 1.29 is 0 Å². The van der Waals surface area contributed by atoms with Gasteiger partial charge in [0.25, 0.3) is 0 Å². The van der Waals surface area contributed by atoms with E-state index < -0.39 is 0 Å². The van der Waals surface area contributed by atoms with Crippen LogP contribution in [0.25, 0.3) is 0 Å². The van der Waals surface area contributed by atoms with Gasteiger partial charge >= 0.3 is 0 Å². The Hall–Kier alpha value is -0.860. The molecule has 0 spiro atoms. The van der Waals surface area contributed by atoms with Gasteiger partial charge in [0.15, 0.2) is 0 Å². The summed E-state index contributed by atoms with van der Waals surface area (Å²) in [5.41, 5.74) is 3.18. The lowest BCUT2D eigenvalue weighted by atomic mass is 9.77. The molecule has 1 saturated heterocycles. The van der Waals surface area contributed by atoms with Crippen LogP contribution in [0.5, 0.6) is 0 Å². The lowest BCUT2D eigenvalue weighted by molar-refractivity contribution is 0.102. The van der Waals surface area contributed by atoms with Crippen LogP contribution in [0, 0.1) is 5.92 Å². The summed E-state index contributed by atoms with van der Waals surface area (Å²) in [6, 6.07) is 10.4. The topological polar surface area (TPSA) is 15.3 Å². The van der Waals surface area contributed by atoms with Gasteiger partial charge in [-0.2, -0.15) is 0 Å². The van der Waals surface area contributed by atoms with Gasteiger partial charge < -0.3 is 5.32 Å². The molecule has 21 heavy (non-hydrogen) atoms. The molecular formula is C19H30N2. The van der Waals surface area contributed by atoms with Gasteiger partial charge in [-0.15, -0.1) is 0 Å². The van der Waals surface area contributed by atoms with Gasteiger partial charge in [0.05, 0.1) is 0 Å². The molecule has 1 aromatic carbocycles. The molecule has 3 atom stereocenters. The summed E-state index contributed by atoms with van der Waals surface area (Å²) in [5.74, 6) is 1.55. The lowest BCUT2D eigenvalue weighted by Gasteiger charge is -2.44. The molecular weight excluding hydrogens is 256 g/mol. The lowest BCUT2D eigenvalue weighted by Crippen LogP contribution is -2.57. The second kappa shape index (κ2) is 6.50. The van der Waals surface area contributed by atoms with E-state index in [2.05, 4.69) is 55.3 Å². The summed E-state index contributed by atoms with van der Waals surface area (Å²) in [7, 11) is 0. The normalized spacial score (nSPS) is 29.2. The van der Waals surface area contributed by atoms with E-state index in [4.69, 9.17) is 0 Å². The van der Waals surface area contributed by atoms with Gasteiger partial charge in [-0.05, 0) is 36.3 Å². The van der Waals surface area contributed by atoms with Crippen molar-refractivity contribution in [2.45, 2.75) is 58.0 Å². The minimum Gasteiger partial charge on any atom is -0.311 e. The Labute approximate surface area is 129 Å². The van der Waals surface area contributed by atoms with Crippen LogP contribution in [0.3, 0.4) is 0 Å². The SMILES string of the molecule is CCC1CN(CC2Cc3ccccc32)C(CC(C)C)CN1. The molecule has 1 aliphatic carbocycles. The highest BCUT2D eigenvalue weighted by atomic mass is 15.2. The average molecular weight is 286 g/mol. The summed E-state index contributed by atoms with van der Waals surface area (Å²) in [6.45, 7) is 10.7. The first kappa shape index (κ1) is 15.1. The van der Waals surface area contributed by atoms with Gasteiger partial charge in [-0.25, -0.2) is 0 Å². The van der Waals surface area contributed by atoms with E-state index in [-0.39, 0.29) is 0 Å². The Balaban J connectivity index is 1.65. The molecule has 1 N–H and O–H groups in total. The maximum Gasteiger partial charge on any atom is 0.0224 e. The van der Waals surface area contributed by atoms with Crippen LogP contribution in [0.2, 0.25) is 0 Å². The number of piperazine rings is 1. The molecule has 3 rings (SSSR count). The summed E-state index contributed by atoms with van der Waals surface area (Å²) >= 11 is 0. The minimum atomic E-state index is 0.684. The number of nitrogens with one attached hydrogen (secondary N) is 1. The highest BCUT2D eigenvalue weighted by Crippen LogP contribution is 2.36. The Bertz CT molecular complexity index is 468. The van der Waals surface area contributed by atoms with Crippen molar-refractivity contribution in [2.24, 2.45) is 5.92 Å². The number of benzene rings is 1. The van der Waals surface area contributed by atoms with Crippen molar-refractivity contribution in [3.63, 3.8) is 0 Å². The molecule has 1 aromatic rings. The standard InChI is InChI=1S/C19H30N2/c1-4-17-13-21(18(11-20-17)9-14(2)3)12-16-10-15-7-5-6-8-19(15)16/h5-8,14,16-18,20H,4,9-13H2,1-3H3. The van der Waals surface area contributed by atoms with Crippen molar-refractivity contribution >= 4 is 0 Å². The zero-order valence-corrected chi connectivity index (χ0v) is 13.8. The van der Waals surface area contributed by atoms with E-state index in [1.54, 1.807) is 11.1 Å². The average Bonchev–Trinajstić information content (AvgIpc) is 2.45. The third-order valence-corrected chi connectivity index (χ3v) is 5.27. The van der Waals surface area contributed by atoms with E-state index in [0.717, 1.165) is 17.9 Å². The van der Waals surface area contributed by atoms with Crippen molar-refractivity contribution in [2.75, 3.05) is 19.6 Å². The summed E-state index contributed by atoms with van der Waals surface area (Å²) in [5, 5.41) is 3.74. The number of nitrogens with zero attached hydrogens (tertiary/aromatic N) is 1. The fourth-order valence-electron chi connectivity index (χ4n) is 4.01. The summed E-state index contributed by atoms with van der Waals surface area (Å²) in [4.78, 5) is 2.78. The molecule has 2 nitrogen and oxygen atoms in total. The molecule has 1 aliphatic heterocycles. The predicted octanol–water partition coefficient (Wildman–Crippen LogP) is 3.42. The molecule has 1 fully saturated rings. The molecule has 2 aliphatic rings. The minimum absolute atomic E-state index is 0.684. The molecule has 0 bridgehead atoms. The van der Waals surface area contributed by atoms with E-state index >= 15 is 0 Å². The Morgan fingerprint density at radius 1 is 1.29 bits per heavy atom. The Kier molecular flexibility index (Phi) is 4.66. The number of hydrogen-bond acceptors (Lipinski definition) is 2. The molecule has 3 unspecified atom stereocenters. The molecule has 0 amide bonds. The number of fused-ring (bicyclic) bond motifs is 1.